The van der Waals surface area contributed by atoms with Crippen LogP contribution >= 0.6 is 0 Å². The van der Waals surface area contributed by atoms with E-state index in [1.54, 1.807) is 18.5 Å². The number of anilines is 2. The minimum atomic E-state index is -0.238. The summed E-state index contributed by atoms with van der Waals surface area (Å²) in [5.41, 5.74) is 2.84. The summed E-state index contributed by atoms with van der Waals surface area (Å²) in [4.78, 5) is 15.1. The van der Waals surface area contributed by atoms with Gasteiger partial charge in [0.1, 0.15) is 18.8 Å². The van der Waals surface area contributed by atoms with Crippen molar-refractivity contribution in [3.8, 4) is 0 Å². The lowest BCUT2D eigenvalue weighted by Gasteiger charge is -2.18. The molecule has 0 unspecified atom stereocenters. The fourth-order valence-electron chi connectivity index (χ4n) is 3.19. The lowest BCUT2D eigenvalue weighted by Crippen LogP contribution is -2.15. The minimum absolute atomic E-state index is 0.238. The number of hydrogen-bond donors (Lipinski definition) is 0. The monoisotopic (exact) mass is 328 g/mol. The van der Waals surface area contributed by atoms with Crippen molar-refractivity contribution in [2.45, 2.75) is 0 Å². The second kappa shape index (κ2) is 5.34. The van der Waals surface area contributed by atoms with Gasteiger partial charge in [0.2, 0.25) is 0 Å². The van der Waals surface area contributed by atoms with Crippen LogP contribution < -0.4 is 15.6 Å². The zero-order valence-corrected chi connectivity index (χ0v) is 13.2. The molecular weight excluding hydrogens is 315 g/mol. The molecule has 0 bridgehead atoms. The Morgan fingerprint density at radius 1 is 0.840 bits per heavy atom. The highest BCUT2D eigenvalue weighted by atomic mass is 19.1. The topological polar surface area (TPSA) is 40.3 Å². The molecule has 0 saturated carbocycles. The summed E-state index contributed by atoms with van der Waals surface area (Å²) in [6.07, 6.45) is 1.58. The van der Waals surface area contributed by atoms with E-state index >= 15 is 0 Å². The van der Waals surface area contributed by atoms with Crippen LogP contribution in [0.3, 0.4) is 0 Å². The molecule has 120 valence electrons. The van der Waals surface area contributed by atoms with Gasteiger partial charge in [0.15, 0.2) is 0 Å². The number of halogens is 1. The molecule has 3 aromatic carbocycles. The van der Waals surface area contributed by atoms with Crippen LogP contribution in [0, 0.1) is 16.3 Å². The molecule has 4 nitrogen and oxygen atoms in total. The van der Waals surface area contributed by atoms with Crippen molar-refractivity contribution in [1.29, 1.82) is 0 Å². The van der Waals surface area contributed by atoms with Crippen LogP contribution in [0.1, 0.15) is 0 Å². The maximum atomic E-state index is 13.2. The summed E-state index contributed by atoms with van der Waals surface area (Å²) >= 11 is 0. The third kappa shape index (κ3) is 2.32. The third-order valence-electron chi connectivity index (χ3n) is 4.49. The second-order valence-corrected chi connectivity index (χ2v) is 5.98. The van der Waals surface area contributed by atoms with E-state index in [2.05, 4.69) is 32.0 Å². The average Bonchev–Trinajstić information content (AvgIpc) is 3.28. The van der Waals surface area contributed by atoms with E-state index in [1.807, 2.05) is 24.3 Å². The number of hydrogen-bond acceptors (Lipinski definition) is 4. The van der Waals surface area contributed by atoms with Gasteiger partial charge in [-0.1, -0.05) is 12.1 Å². The minimum Gasteiger partial charge on any atom is -0.319 e. The quantitative estimate of drug-likeness (QED) is 0.676. The van der Waals surface area contributed by atoms with Gasteiger partial charge in [-0.05, 0) is 59.0 Å². The molecule has 0 spiro atoms. The van der Waals surface area contributed by atoms with Gasteiger partial charge in [-0.3, -0.25) is 4.99 Å². The molecule has 0 aliphatic carbocycles. The van der Waals surface area contributed by atoms with Crippen molar-refractivity contribution in [1.82, 2.24) is 0 Å². The van der Waals surface area contributed by atoms with Gasteiger partial charge in [-0.15, -0.1) is 0 Å². The number of fused-ring (bicyclic) bond motifs is 2. The zero-order chi connectivity index (χ0) is 16.8. The standard InChI is InChI=1S/C20H13FN4/c21-15-3-5-16(6-4-15)25-12-24-18-8-2-14(10-20(18)25)13-1-7-17-19(9-13)23-11-22-17/h1-11H,12H2. The van der Waals surface area contributed by atoms with Crippen LogP contribution in [0.5, 0.6) is 0 Å². The van der Waals surface area contributed by atoms with Crippen molar-refractivity contribution < 1.29 is 4.39 Å². The summed E-state index contributed by atoms with van der Waals surface area (Å²) in [6, 6.07) is 18.8. The molecule has 0 atom stereocenters. The molecule has 2 aliphatic rings. The van der Waals surface area contributed by atoms with Crippen LogP contribution in [-0.2, 0) is 0 Å². The highest BCUT2D eigenvalue weighted by molar-refractivity contribution is 5.67. The molecule has 0 amide bonds. The van der Waals surface area contributed by atoms with E-state index < -0.39 is 0 Å². The fraction of sp³-hybridized carbons (Fsp3) is 0.0500. The molecule has 5 heteroatoms. The van der Waals surface area contributed by atoms with Crippen molar-refractivity contribution in [2.24, 2.45) is 15.0 Å². The Balaban J connectivity index is 1.69. The summed E-state index contributed by atoms with van der Waals surface area (Å²) in [5, 5.41) is 4.02. The van der Waals surface area contributed by atoms with Crippen LogP contribution in [0.2, 0.25) is 0 Å². The first-order chi connectivity index (χ1) is 12.3. The van der Waals surface area contributed by atoms with Crippen LogP contribution in [0.15, 0.2) is 75.6 Å². The largest absolute Gasteiger partial charge is 0.319 e. The lowest BCUT2D eigenvalue weighted by atomic mass is 10.1. The van der Waals surface area contributed by atoms with E-state index in [0.717, 1.165) is 38.2 Å². The van der Waals surface area contributed by atoms with Gasteiger partial charge in [0, 0.05) is 5.69 Å². The van der Waals surface area contributed by atoms with Gasteiger partial charge < -0.3 is 4.90 Å². The molecule has 0 radical (unpaired) electrons. The molecule has 0 aromatic heterocycles. The molecule has 5 rings (SSSR count). The van der Waals surface area contributed by atoms with Gasteiger partial charge in [-0.2, -0.15) is 0 Å². The summed E-state index contributed by atoms with van der Waals surface area (Å²) < 4.78 is 13.2. The van der Waals surface area contributed by atoms with E-state index in [9.17, 15) is 4.39 Å². The van der Waals surface area contributed by atoms with Crippen LogP contribution in [-0.4, -0.2) is 13.0 Å². The normalized spacial score (nSPS) is 15.5. The van der Waals surface area contributed by atoms with Crippen molar-refractivity contribution >= 4 is 23.4 Å². The molecule has 2 heterocycles. The Morgan fingerprint density at radius 3 is 2.44 bits per heavy atom. The Labute approximate surface area is 142 Å². The second-order valence-electron chi connectivity index (χ2n) is 5.98. The lowest BCUT2D eigenvalue weighted by molar-refractivity contribution is 0.628. The fourth-order valence-corrected chi connectivity index (χ4v) is 3.19. The Morgan fingerprint density at radius 2 is 1.60 bits per heavy atom. The first-order valence-electron chi connectivity index (χ1n) is 8.00. The molecular formula is C20H13FN4. The Kier molecular flexibility index (Phi) is 3.00. The maximum absolute atomic E-state index is 13.2. The van der Waals surface area contributed by atoms with Crippen molar-refractivity contribution in [3.63, 3.8) is 0 Å². The number of benzene rings is 3. The predicted octanol–water partition coefficient (Wildman–Crippen LogP) is 3.13. The average molecular weight is 328 g/mol. The highest BCUT2D eigenvalue weighted by Crippen LogP contribution is 2.25. The number of aliphatic imine (C=N–C) groups is 1. The summed E-state index contributed by atoms with van der Waals surface area (Å²) in [5.74, 6) is -0.238. The van der Waals surface area contributed by atoms with Crippen LogP contribution in [0.25, 0.3) is 0 Å². The van der Waals surface area contributed by atoms with Gasteiger partial charge in [-0.25, -0.2) is 14.4 Å². The van der Waals surface area contributed by atoms with Crippen LogP contribution in [0.4, 0.5) is 21.5 Å². The van der Waals surface area contributed by atoms with Gasteiger partial charge in [0.25, 0.3) is 0 Å². The predicted molar refractivity (Wildman–Crippen MR) is 94.4 cm³/mol. The maximum Gasteiger partial charge on any atom is 0.123 e. The highest BCUT2D eigenvalue weighted by Gasteiger charge is 2.15. The Hall–Kier alpha value is -3.34. The van der Waals surface area contributed by atoms with E-state index in [0.29, 0.717) is 6.67 Å². The number of nitrogens with zero attached hydrogens (tertiary/aromatic N) is 4. The molecule has 25 heavy (non-hydrogen) atoms. The molecule has 3 aromatic rings. The van der Waals surface area contributed by atoms with Gasteiger partial charge >= 0.3 is 0 Å². The van der Waals surface area contributed by atoms with Crippen molar-refractivity contribution in [2.75, 3.05) is 11.6 Å². The SMILES string of the molecule is Fc1ccc(N2CN=c3ccc(=c4ccc5c(c4)N=CN=5)cc32)cc1. The molecule has 2 aliphatic heterocycles. The van der Waals surface area contributed by atoms with E-state index in [-0.39, 0.29) is 5.82 Å². The number of rotatable bonds is 1. The van der Waals surface area contributed by atoms with Crippen molar-refractivity contribution in [3.05, 3.63) is 87.6 Å². The molecule has 0 fully saturated rings. The Bertz CT molecular complexity index is 1230. The van der Waals surface area contributed by atoms with Gasteiger partial charge in [0.05, 0.1) is 22.1 Å². The third-order valence-corrected chi connectivity index (χ3v) is 4.49. The zero-order valence-electron chi connectivity index (χ0n) is 13.2. The first kappa shape index (κ1) is 14.0. The molecule has 0 N–H and O–H groups in total. The van der Waals surface area contributed by atoms with E-state index in [1.165, 1.54) is 12.1 Å². The first-order valence-corrected chi connectivity index (χ1v) is 8.00. The summed E-state index contributed by atoms with van der Waals surface area (Å²) in [7, 11) is 0. The van der Waals surface area contributed by atoms with E-state index in [4.69, 9.17) is 0 Å². The molecule has 0 saturated heterocycles. The smallest absolute Gasteiger partial charge is 0.123 e. The summed E-state index contributed by atoms with van der Waals surface area (Å²) in [6.45, 7) is 0.539.